The van der Waals surface area contributed by atoms with E-state index in [2.05, 4.69) is 25.4 Å². The van der Waals surface area contributed by atoms with Crippen molar-refractivity contribution < 1.29 is 9.32 Å². The molecule has 1 atom stereocenters. The Hall–Kier alpha value is -3.87. The van der Waals surface area contributed by atoms with Crippen LogP contribution in [0.5, 0.6) is 0 Å². The Balaban J connectivity index is 1.42. The predicted octanol–water partition coefficient (Wildman–Crippen LogP) is 3.37. The van der Waals surface area contributed by atoms with E-state index < -0.39 is 0 Å². The molecule has 0 radical (unpaired) electrons. The summed E-state index contributed by atoms with van der Waals surface area (Å²) < 4.78 is 5.27. The molecule has 1 N–H and O–H groups in total. The number of aryl methyl sites for hydroxylation is 1. The van der Waals surface area contributed by atoms with Gasteiger partial charge in [-0.25, -0.2) is 0 Å². The molecule has 1 amide bonds. The summed E-state index contributed by atoms with van der Waals surface area (Å²) in [5.41, 5.74) is 2.57. The lowest BCUT2D eigenvalue weighted by atomic mass is 10.0. The van der Waals surface area contributed by atoms with Crippen molar-refractivity contribution in [2.75, 3.05) is 0 Å². The number of nitrogens with one attached hydrogen (secondary N) is 1. The predicted molar refractivity (Wildman–Crippen MR) is 107 cm³/mol. The number of hydrogen-bond donors (Lipinski definition) is 1. The van der Waals surface area contributed by atoms with Crippen molar-refractivity contribution in [2.45, 2.75) is 18.9 Å². The molecule has 0 aliphatic rings. The largest absolute Gasteiger partial charge is 0.344 e. The van der Waals surface area contributed by atoms with Crippen LogP contribution in [0.15, 0.2) is 83.8 Å². The minimum Gasteiger partial charge on any atom is -0.344 e. The number of amides is 1. The first-order valence-corrected chi connectivity index (χ1v) is 9.28. The number of rotatable bonds is 7. The van der Waals surface area contributed by atoms with Crippen LogP contribution >= 0.6 is 0 Å². The highest BCUT2D eigenvalue weighted by Gasteiger charge is 2.18. The summed E-state index contributed by atoms with van der Waals surface area (Å²) >= 11 is 0. The van der Waals surface area contributed by atoms with Gasteiger partial charge in [-0.1, -0.05) is 41.6 Å². The van der Waals surface area contributed by atoms with Crippen LogP contribution in [-0.4, -0.2) is 26.0 Å². The Morgan fingerprint density at radius 2 is 1.76 bits per heavy atom. The van der Waals surface area contributed by atoms with Crippen molar-refractivity contribution >= 4 is 5.91 Å². The van der Waals surface area contributed by atoms with Crippen LogP contribution in [0.25, 0.3) is 11.4 Å². The van der Waals surface area contributed by atoms with E-state index in [0.717, 1.165) is 16.8 Å². The summed E-state index contributed by atoms with van der Waals surface area (Å²) in [6.45, 7) is 0. The van der Waals surface area contributed by atoms with Crippen LogP contribution in [0, 0.1) is 0 Å². The van der Waals surface area contributed by atoms with Crippen molar-refractivity contribution in [3.05, 3.63) is 96.4 Å². The van der Waals surface area contributed by atoms with Gasteiger partial charge in [-0.2, -0.15) is 4.98 Å². The topological polar surface area (TPSA) is 93.8 Å². The molecule has 144 valence electrons. The van der Waals surface area contributed by atoms with Gasteiger partial charge in [-0.3, -0.25) is 14.8 Å². The molecule has 0 spiro atoms. The fourth-order valence-electron chi connectivity index (χ4n) is 2.95. The van der Waals surface area contributed by atoms with E-state index in [1.807, 2.05) is 48.5 Å². The molecule has 0 bridgehead atoms. The number of aromatic nitrogens is 4. The summed E-state index contributed by atoms with van der Waals surface area (Å²) in [5, 5.41) is 7.02. The van der Waals surface area contributed by atoms with E-state index >= 15 is 0 Å². The summed E-state index contributed by atoms with van der Waals surface area (Å²) in [7, 11) is 0. The average molecular weight is 385 g/mol. The van der Waals surface area contributed by atoms with Crippen molar-refractivity contribution in [3.8, 4) is 11.4 Å². The second-order valence-electron chi connectivity index (χ2n) is 6.41. The smallest absolute Gasteiger partial charge is 0.227 e. The minimum absolute atomic E-state index is 0.117. The zero-order valence-electron chi connectivity index (χ0n) is 15.6. The third-order valence-electron chi connectivity index (χ3n) is 4.39. The van der Waals surface area contributed by atoms with Crippen LogP contribution in [0.1, 0.15) is 29.6 Å². The van der Waals surface area contributed by atoms with Gasteiger partial charge >= 0.3 is 0 Å². The molecule has 4 rings (SSSR count). The molecular weight excluding hydrogens is 366 g/mol. The number of benzene rings is 1. The Kier molecular flexibility index (Phi) is 5.66. The number of carbonyl (C=O) groups excluding carboxylic acids is 1. The Morgan fingerprint density at radius 1 is 0.966 bits per heavy atom. The van der Waals surface area contributed by atoms with Gasteiger partial charge in [0.1, 0.15) is 0 Å². The molecule has 0 aliphatic carbocycles. The lowest BCUT2D eigenvalue weighted by Gasteiger charge is -2.18. The van der Waals surface area contributed by atoms with Gasteiger partial charge in [0.2, 0.25) is 17.6 Å². The number of carbonyl (C=O) groups is 1. The van der Waals surface area contributed by atoms with Gasteiger partial charge in [-0.15, -0.1) is 0 Å². The molecule has 7 nitrogen and oxygen atoms in total. The van der Waals surface area contributed by atoms with Crippen molar-refractivity contribution in [1.82, 2.24) is 25.4 Å². The van der Waals surface area contributed by atoms with Crippen LogP contribution in [0.3, 0.4) is 0 Å². The molecule has 29 heavy (non-hydrogen) atoms. The standard InChI is InChI=1S/C22H19N5O2/c28-19(9-10-20-26-22(27-29-20)17-11-14-23-15-12-17)25-21(16-6-2-1-3-7-16)18-8-4-5-13-24-18/h1-8,11-15,21H,9-10H2,(H,25,28). The first-order valence-electron chi connectivity index (χ1n) is 9.28. The van der Waals surface area contributed by atoms with E-state index in [1.54, 1.807) is 30.7 Å². The van der Waals surface area contributed by atoms with Gasteiger partial charge in [-0.05, 0) is 29.8 Å². The van der Waals surface area contributed by atoms with Gasteiger partial charge < -0.3 is 9.84 Å². The highest BCUT2D eigenvalue weighted by molar-refractivity contribution is 5.77. The van der Waals surface area contributed by atoms with Crippen LogP contribution < -0.4 is 5.32 Å². The average Bonchev–Trinajstić information content (AvgIpc) is 3.27. The Morgan fingerprint density at radius 3 is 2.52 bits per heavy atom. The Bertz CT molecular complexity index is 1010. The minimum atomic E-state index is -0.319. The van der Waals surface area contributed by atoms with Crippen molar-refractivity contribution in [2.24, 2.45) is 0 Å². The molecule has 0 saturated carbocycles. The lowest BCUT2D eigenvalue weighted by molar-refractivity contribution is -0.121. The maximum atomic E-state index is 12.6. The normalized spacial score (nSPS) is 11.7. The fraction of sp³-hybridized carbons (Fsp3) is 0.136. The second kappa shape index (κ2) is 8.88. The van der Waals surface area contributed by atoms with E-state index in [0.29, 0.717) is 18.1 Å². The molecule has 0 aliphatic heterocycles. The number of pyridine rings is 2. The molecule has 0 fully saturated rings. The maximum absolute atomic E-state index is 12.6. The molecule has 4 aromatic rings. The van der Waals surface area contributed by atoms with Gasteiger partial charge in [0.25, 0.3) is 0 Å². The highest BCUT2D eigenvalue weighted by Crippen LogP contribution is 2.20. The summed E-state index contributed by atoms with van der Waals surface area (Å²) in [6, 6.07) is 18.7. The van der Waals surface area contributed by atoms with Gasteiger partial charge in [0.15, 0.2) is 0 Å². The molecule has 3 heterocycles. The number of nitrogens with zero attached hydrogens (tertiary/aromatic N) is 4. The van der Waals surface area contributed by atoms with Crippen molar-refractivity contribution in [1.29, 1.82) is 0 Å². The van der Waals surface area contributed by atoms with E-state index in [1.165, 1.54) is 0 Å². The maximum Gasteiger partial charge on any atom is 0.227 e. The summed E-state index contributed by atoms with van der Waals surface area (Å²) in [5.74, 6) is 0.785. The molecule has 1 aromatic carbocycles. The fourth-order valence-corrected chi connectivity index (χ4v) is 2.95. The first kappa shape index (κ1) is 18.5. The van der Waals surface area contributed by atoms with Crippen molar-refractivity contribution in [3.63, 3.8) is 0 Å². The molecule has 1 unspecified atom stereocenters. The zero-order valence-corrected chi connectivity index (χ0v) is 15.6. The molecule has 7 heteroatoms. The molecule has 0 saturated heterocycles. The second-order valence-corrected chi connectivity index (χ2v) is 6.41. The van der Waals surface area contributed by atoms with E-state index in [4.69, 9.17) is 4.52 Å². The molecular formula is C22H19N5O2. The van der Waals surface area contributed by atoms with Gasteiger partial charge in [0, 0.05) is 37.0 Å². The van der Waals surface area contributed by atoms with Crippen LogP contribution in [0.4, 0.5) is 0 Å². The first-order chi connectivity index (χ1) is 14.3. The lowest BCUT2D eigenvalue weighted by Crippen LogP contribution is -2.30. The van der Waals surface area contributed by atoms with E-state index in [9.17, 15) is 4.79 Å². The van der Waals surface area contributed by atoms with Crippen LogP contribution in [-0.2, 0) is 11.2 Å². The van der Waals surface area contributed by atoms with Crippen LogP contribution in [0.2, 0.25) is 0 Å². The third-order valence-corrected chi connectivity index (χ3v) is 4.39. The summed E-state index contributed by atoms with van der Waals surface area (Å²) in [6.07, 6.45) is 5.64. The monoisotopic (exact) mass is 385 g/mol. The number of hydrogen-bond acceptors (Lipinski definition) is 6. The Labute approximate surface area is 167 Å². The van der Waals surface area contributed by atoms with E-state index in [-0.39, 0.29) is 18.4 Å². The third kappa shape index (κ3) is 4.70. The zero-order chi connectivity index (χ0) is 19.9. The molecule has 3 aromatic heterocycles. The quantitative estimate of drug-likeness (QED) is 0.524. The highest BCUT2D eigenvalue weighted by atomic mass is 16.5. The SMILES string of the molecule is O=C(CCc1nc(-c2ccncc2)no1)NC(c1ccccc1)c1ccccn1. The summed E-state index contributed by atoms with van der Waals surface area (Å²) in [4.78, 5) is 25.3. The van der Waals surface area contributed by atoms with Gasteiger partial charge in [0.05, 0.1) is 11.7 Å².